The third-order valence-electron chi connectivity index (χ3n) is 15.9. The molecule has 1 aromatic rings. The van der Waals surface area contributed by atoms with Gasteiger partial charge in [-0.3, -0.25) is 9.59 Å². The topological polar surface area (TPSA) is 119 Å². The summed E-state index contributed by atoms with van der Waals surface area (Å²) < 4.78 is 5.93. The Hall–Kier alpha value is -2.06. The van der Waals surface area contributed by atoms with Crippen molar-refractivity contribution >= 4 is 11.6 Å². The number of hydrogen-bond donors (Lipinski definition) is 4. The Labute approximate surface area is 306 Å². The van der Waals surface area contributed by atoms with Gasteiger partial charge in [0.15, 0.2) is 5.78 Å². The monoisotopic (exact) mass is 703 g/mol. The molecular weight excluding hydrogens is 638 g/mol. The molecule has 7 nitrogen and oxygen atoms in total. The average molecular weight is 704 g/mol. The van der Waals surface area contributed by atoms with Crippen LogP contribution >= 0.6 is 0 Å². The van der Waals surface area contributed by atoms with Gasteiger partial charge in [-0.15, -0.1) is 0 Å². The van der Waals surface area contributed by atoms with Crippen molar-refractivity contribution in [2.45, 2.75) is 162 Å². The molecule has 4 N–H and O–H groups in total. The summed E-state index contributed by atoms with van der Waals surface area (Å²) in [5, 5.41) is 36.3. The molecule has 0 unspecified atom stereocenters. The normalized spacial score (nSPS) is 40.6. The maximum Gasteiger partial charge on any atom is 0.160 e. The number of carbonyl (C=O) groups is 2. The van der Waals surface area contributed by atoms with Crippen LogP contribution in [0.25, 0.3) is 0 Å². The molecule has 6 aliphatic rings. The van der Waals surface area contributed by atoms with Gasteiger partial charge in [-0.05, 0) is 123 Å². The first-order chi connectivity index (χ1) is 23.8. The predicted molar refractivity (Wildman–Crippen MR) is 199 cm³/mol. The van der Waals surface area contributed by atoms with E-state index in [4.69, 9.17) is 4.74 Å². The number of aromatic hydroxyl groups is 1. The maximum absolute atomic E-state index is 14.7. The number of fused-ring (bicyclic) bond motifs is 5. The molecule has 0 amide bonds. The number of phenolic OH excluding ortho intramolecular Hbond substituents is 1. The van der Waals surface area contributed by atoms with E-state index in [0.717, 1.165) is 43.2 Å². The van der Waals surface area contributed by atoms with Gasteiger partial charge in [-0.1, -0.05) is 71.6 Å². The number of ether oxygens (including phenoxy) is 1. The number of phenols is 1. The third kappa shape index (κ3) is 5.90. The lowest BCUT2D eigenvalue weighted by Gasteiger charge is -2.70. The van der Waals surface area contributed by atoms with E-state index in [1.165, 1.54) is 24.8 Å². The number of epoxide rings is 1. The highest BCUT2D eigenvalue weighted by Crippen LogP contribution is 2.75. The molecule has 1 aromatic carbocycles. The fourth-order valence-electron chi connectivity index (χ4n) is 13.6. The number of aliphatic hydroxyl groups excluding tert-OH is 2. The van der Waals surface area contributed by atoms with E-state index in [0.29, 0.717) is 31.7 Å². The second-order valence-electron chi connectivity index (χ2n) is 19.8. The average Bonchev–Trinajstić information content (AvgIpc) is 3.61. The molecule has 0 bridgehead atoms. The standard InChI is InChI=1S/C44H65NO6/c1-25(46)24-45-32-22-44(8)35(42(6)21-30(27-15-12-16-28(47)19-27)38(50)40(2,3)37(32)42)18-17-31-36(34(49)23-43(31,44)7)29(26-13-10-9-11-14-26)20-33(48)39-41(4,5)51-39/h12,15-16,19,25-26,29-30,32-33,35,37,39,45-48H,9-11,13-14,17-18,20-24H2,1-8H3/t25-,29-,30-,32+,33+,35+,37-,39-,42+,43-,44+/m0/s1. The SMILES string of the molecule is C[C@H](O)CN[C@@H]1C[C@]2(C)[C@H](CCC3=C([C@@H](C[C@@H](O)[C@@H]4OC4(C)C)C4CCCCC4)C(=O)C[C@@]32C)[C@@]2(C)C[C@@H](c3cccc(O)c3)C(=O)C(C)(C)[C@H]12. The van der Waals surface area contributed by atoms with Crippen molar-refractivity contribution in [3.05, 3.63) is 41.0 Å². The van der Waals surface area contributed by atoms with Crippen LogP contribution in [-0.4, -0.2) is 63.4 Å². The zero-order chi connectivity index (χ0) is 36.9. The lowest BCUT2D eigenvalue weighted by molar-refractivity contribution is -0.193. The van der Waals surface area contributed by atoms with Crippen LogP contribution < -0.4 is 5.32 Å². The Morgan fingerprint density at radius 3 is 2.27 bits per heavy atom. The first kappa shape index (κ1) is 37.3. The van der Waals surface area contributed by atoms with E-state index < -0.39 is 17.6 Å². The van der Waals surface area contributed by atoms with Gasteiger partial charge in [-0.25, -0.2) is 0 Å². The zero-order valence-electron chi connectivity index (χ0n) is 32.6. The summed E-state index contributed by atoms with van der Waals surface area (Å²) in [4.78, 5) is 29.3. The van der Waals surface area contributed by atoms with Crippen molar-refractivity contribution in [3.63, 3.8) is 0 Å². The van der Waals surface area contributed by atoms with Gasteiger partial charge >= 0.3 is 0 Å². The fourth-order valence-corrected chi connectivity index (χ4v) is 13.6. The molecule has 5 fully saturated rings. The highest BCUT2D eigenvalue weighted by Gasteiger charge is 2.71. The lowest BCUT2D eigenvalue weighted by Crippen LogP contribution is -2.69. The maximum atomic E-state index is 14.7. The lowest BCUT2D eigenvalue weighted by atomic mass is 9.34. The van der Waals surface area contributed by atoms with E-state index in [9.17, 15) is 24.9 Å². The van der Waals surface area contributed by atoms with E-state index in [-0.39, 0.29) is 75.0 Å². The van der Waals surface area contributed by atoms with Crippen LogP contribution in [0.2, 0.25) is 0 Å². The highest BCUT2D eigenvalue weighted by atomic mass is 16.6. The van der Waals surface area contributed by atoms with Crippen molar-refractivity contribution in [2.24, 2.45) is 45.3 Å². The number of allylic oxidation sites excluding steroid dienone is 2. The molecular formula is C44H65NO6. The third-order valence-corrected chi connectivity index (χ3v) is 15.9. The first-order valence-corrected chi connectivity index (χ1v) is 20.2. The molecule has 1 heterocycles. The van der Waals surface area contributed by atoms with Gasteiger partial charge in [0.05, 0.1) is 17.8 Å². The number of Topliss-reactive ketones (excluding diaryl/α,β-unsaturated/α-hetero) is 2. The molecule has 7 rings (SSSR count). The number of benzene rings is 1. The summed E-state index contributed by atoms with van der Waals surface area (Å²) in [6.07, 6.45) is 8.97. The number of hydrogen-bond acceptors (Lipinski definition) is 7. The minimum absolute atomic E-state index is 0.0181. The zero-order valence-corrected chi connectivity index (χ0v) is 32.6. The van der Waals surface area contributed by atoms with Gasteiger partial charge in [0.25, 0.3) is 0 Å². The van der Waals surface area contributed by atoms with E-state index in [2.05, 4.69) is 39.9 Å². The Balaban J connectivity index is 1.32. The van der Waals surface area contributed by atoms with Crippen LogP contribution in [0.1, 0.15) is 138 Å². The molecule has 5 aliphatic carbocycles. The van der Waals surface area contributed by atoms with Crippen LogP contribution in [0.5, 0.6) is 5.75 Å². The summed E-state index contributed by atoms with van der Waals surface area (Å²) in [6, 6.07) is 7.26. The summed E-state index contributed by atoms with van der Waals surface area (Å²) in [6.45, 7) is 17.9. The van der Waals surface area contributed by atoms with Gasteiger partial charge in [0, 0.05) is 35.8 Å². The van der Waals surface area contributed by atoms with Crippen LogP contribution in [0.4, 0.5) is 0 Å². The highest BCUT2D eigenvalue weighted by molar-refractivity contribution is 6.01. The van der Waals surface area contributed by atoms with Crippen molar-refractivity contribution in [2.75, 3.05) is 6.54 Å². The number of ketones is 2. The quantitative estimate of drug-likeness (QED) is 0.195. The van der Waals surface area contributed by atoms with Crippen molar-refractivity contribution < 1.29 is 29.6 Å². The molecule has 4 saturated carbocycles. The van der Waals surface area contributed by atoms with Crippen LogP contribution in [-0.2, 0) is 14.3 Å². The smallest absolute Gasteiger partial charge is 0.160 e. The van der Waals surface area contributed by atoms with E-state index >= 15 is 0 Å². The molecule has 282 valence electrons. The summed E-state index contributed by atoms with van der Waals surface area (Å²) in [5.74, 6) is 1.12. The van der Waals surface area contributed by atoms with Crippen LogP contribution in [0.3, 0.4) is 0 Å². The molecule has 11 atom stereocenters. The molecule has 0 aromatic heterocycles. The Bertz CT molecular complexity index is 1570. The molecule has 1 aliphatic heterocycles. The second kappa shape index (κ2) is 12.8. The molecule has 7 heteroatoms. The molecule has 0 radical (unpaired) electrons. The summed E-state index contributed by atoms with van der Waals surface area (Å²) in [5.41, 5.74) is 1.47. The second-order valence-corrected chi connectivity index (χ2v) is 19.8. The van der Waals surface area contributed by atoms with Crippen molar-refractivity contribution in [1.29, 1.82) is 0 Å². The Kier molecular flexibility index (Phi) is 9.33. The number of rotatable bonds is 9. The van der Waals surface area contributed by atoms with Crippen LogP contribution in [0, 0.1) is 45.3 Å². The Morgan fingerprint density at radius 2 is 1.65 bits per heavy atom. The summed E-state index contributed by atoms with van der Waals surface area (Å²) >= 11 is 0. The van der Waals surface area contributed by atoms with Gasteiger partial charge in [0.1, 0.15) is 17.6 Å². The molecule has 51 heavy (non-hydrogen) atoms. The molecule has 1 saturated heterocycles. The van der Waals surface area contributed by atoms with Crippen molar-refractivity contribution in [1.82, 2.24) is 5.32 Å². The minimum atomic E-state index is -0.643. The fraction of sp³-hybridized carbons (Fsp3) is 0.773. The summed E-state index contributed by atoms with van der Waals surface area (Å²) in [7, 11) is 0. The number of carbonyl (C=O) groups excluding carboxylic acids is 2. The van der Waals surface area contributed by atoms with Crippen molar-refractivity contribution in [3.8, 4) is 5.75 Å². The predicted octanol–water partition coefficient (Wildman–Crippen LogP) is 7.66. The van der Waals surface area contributed by atoms with Gasteiger partial charge < -0.3 is 25.4 Å². The largest absolute Gasteiger partial charge is 0.508 e. The number of nitrogens with one attached hydrogen (secondary N) is 1. The minimum Gasteiger partial charge on any atom is -0.508 e. The van der Waals surface area contributed by atoms with Gasteiger partial charge in [0.2, 0.25) is 0 Å². The van der Waals surface area contributed by atoms with Crippen LogP contribution in [0.15, 0.2) is 35.4 Å². The number of aliphatic hydroxyl groups is 2. The molecule has 0 spiro atoms. The van der Waals surface area contributed by atoms with E-state index in [1.54, 1.807) is 12.1 Å². The Morgan fingerprint density at radius 1 is 0.961 bits per heavy atom. The van der Waals surface area contributed by atoms with E-state index in [1.807, 2.05) is 32.9 Å². The van der Waals surface area contributed by atoms with Gasteiger partial charge in [-0.2, -0.15) is 0 Å². The first-order valence-electron chi connectivity index (χ1n) is 20.2.